The topological polar surface area (TPSA) is 66.5 Å². The minimum absolute atomic E-state index is 0.0577. The smallest absolute Gasteiger partial charge is 0.243 e. The second kappa shape index (κ2) is 9.05. The summed E-state index contributed by atoms with van der Waals surface area (Å²) in [7, 11) is -3.48. The van der Waals surface area contributed by atoms with Crippen molar-refractivity contribution in [3.63, 3.8) is 0 Å². The highest BCUT2D eigenvalue weighted by atomic mass is 32.2. The standard InChI is InChI=1S/C18H28N2O3S2/c1-4-5-14(2)19-18(21)15-10-12-20(13-11-15)25(22,23)17-8-6-16(24-3)7-9-17/h6-9,14-15H,4-5,10-13H2,1-3H3,(H,19,21)/t14-/m1/s1. The van der Waals surface area contributed by atoms with Gasteiger partial charge in [0, 0.05) is 29.9 Å². The SMILES string of the molecule is CCC[C@@H](C)NC(=O)C1CCN(S(=O)(=O)c2ccc(SC)cc2)CC1. The summed E-state index contributed by atoms with van der Waals surface area (Å²) in [4.78, 5) is 13.7. The number of thioether (sulfide) groups is 1. The highest BCUT2D eigenvalue weighted by Gasteiger charge is 2.32. The van der Waals surface area contributed by atoms with Gasteiger partial charge in [0.1, 0.15) is 0 Å². The van der Waals surface area contributed by atoms with Crippen LogP contribution in [0, 0.1) is 5.92 Å². The summed E-state index contributed by atoms with van der Waals surface area (Å²) in [5, 5.41) is 3.04. The van der Waals surface area contributed by atoms with Crippen LogP contribution in [0.3, 0.4) is 0 Å². The van der Waals surface area contributed by atoms with Gasteiger partial charge in [-0.05, 0) is 56.7 Å². The fraction of sp³-hybridized carbons (Fsp3) is 0.611. The van der Waals surface area contributed by atoms with Crippen LogP contribution >= 0.6 is 11.8 Å². The van der Waals surface area contributed by atoms with Gasteiger partial charge in [-0.2, -0.15) is 4.31 Å². The molecule has 0 spiro atoms. The van der Waals surface area contributed by atoms with E-state index in [4.69, 9.17) is 0 Å². The molecule has 0 aromatic heterocycles. The van der Waals surface area contributed by atoms with Gasteiger partial charge in [0.05, 0.1) is 4.90 Å². The van der Waals surface area contributed by atoms with Crippen LogP contribution in [0.15, 0.2) is 34.1 Å². The third-order valence-electron chi connectivity index (χ3n) is 4.63. The van der Waals surface area contributed by atoms with Crippen molar-refractivity contribution in [1.82, 2.24) is 9.62 Å². The molecule has 7 heteroatoms. The molecular weight excluding hydrogens is 356 g/mol. The summed E-state index contributed by atoms with van der Waals surface area (Å²) >= 11 is 1.58. The lowest BCUT2D eigenvalue weighted by molar-refractivity contribution is -0.126. The van der Waals surface area contributed by atoms with Gasteiger partial charge < -0.3 is 5.32 Å². The molecule has 1 fully saturated rings. The molecule has 1 aliphatic heterocycles. The number of hydrogen-bond acceptors (Lipinski definition) is 4. The fourth-order valence-electron chi connectivity index (χ4n) is 3.12. The van der Waals surface area contributed by atoms with Crippen molar-refractivity contribution < 1.29 is 13.2 Å². The first-order valence-electron chi connectivity index (χ1n) is 8.83. The molecule has 1 atom stereocenters. The molecule has 1 amide bonds. The summed E-state index contributed by atoms with van der Waals surface area (Å²) in [6, 6.07) is 7.15. The molecule has 25 heavy (non-hydrogen) atoms. The number of nitrogens with one attached hydrogen (secondary N) is 1. The third kappa shape index (κ3) is 5.21. The molecule has 0 bridgehead atoms. The zero-order valence-corrected chi connectivity index (χ0v) is 16.8. The van der Waals surface area contributed by atoms with Crippen molar-refractivity contribution in [2.75, 3.05) is 19.3 Å². The van der Waals surface area contributed by atoms with Crippen LogP contribution < -0.4 is 5.32 Å². The van der Waals surface area contributed by atoms with Gasteiger partial charge in [-0.15, -0.1) is 11.8 Å². The number of carbonyl (C=O) groups excluding carboxylic acids is 1. The van der Waals surface area contributed by atoms with Crippen molar-refractivity contribution >= 4 is 27.7 Å². The Hall–Kier alpha value is -1.05. The second-order valence-corrected chi connectivity index (χ2v) is 9.37. The van der Waals surface area contributed by atoms with Gasteiger partial charge >= 0.3 is 0 Å². The van der Waals surface area contributed by atoms with Gasteiger partial charge in [-0.25, -0.2) is 8.42 Å². The van der Waals surface area contributed by atoms with E-state index in [-0.39, 0.29) is 17.9 Å². The van der Waals surface area contributed by atoms with Crippen LogP contribution in [0.4, 0.5) is 0 Å². The largest absolute Gasteiger partial charge is 0.353 e. The first-order chi connectivity index (χ1) is 11.9. The summed E-state index contributed by atoms with van der Waals surface area (Å²) in [6.07, 6.45) is 5.11. The van der Waals surface area contributed by atoms with Crippen molar-refractivity contribution in [2.45, 2.75) is 55.4 Å². The Bertz CT molecular complexity index is 666. The van der Waals surface area contributed by atoms with E-state index in [9.17, 15) is 13.2 Å². The minimum atomic E-state index is -3.48. The van der Waals surface area contributed by atoms with Crippen molar-refractivity contribution in [2.24, 2.45) is 5.92 Å². The predicted octanol–water partition coefficient (Wildman–Crippen LogP) is 3.11. The van der Waals surface area contributed by atoms with Crippen LogP contribution in [0.1, 0.15) is 39.5 Å². The lowest BCUT2D eigenvalue weighted by Gasteiger charge is -2.31. The van der Waals surface area contributed by atoms with E-state index in [2.05, 4.69) is 12.2 Å². The highest BCUT2D eigenvalue weighted by molar-refractivity contribution is 7.98. The average Bonchev–Trinajstić information content (AvgIpc) is 2.62. The predicted molar refractivity (Wildman–Crippen MR) is 102 cm³/mol. The maximum Gasteiger partial charge on any atom is 0.243 e. The second-order valence-electron chi connectivity index (χ2n) is 6.55. The van der Waals surface area contributed by atoms with E-state index in [1.165, 1.54) is 4.31 Å². The van der Waals surface area contributed by atoms with Crippen molar-refractivity contribution in [1.29, 1.82) is 0 Å². The van der Waals surface area contributed by atoms with Crippen LogP contribution in [-0.4, -0.2) is 44.0 Å². The monoisotopic (exact) mass is 384 g/mol. The summed E-state index contributed by atoms with van der Waals surface area (Å²) < 4.78 is 27.0. The Balaban J connectivity index is 1.95. The number of rotatable bonds is 7. The number of benzene rings is 1. The number of piperidine rings is 1. The van der Waals surface area contributed by atoms with E-state index in [1.54, 1.807) is 23.9 Å². The van der Waals surface area contributed by atoms with Gasteiger partial charge in [0.15, 0.2) is 0 Å². The number of hydrogen-bond donors (Lipinski definition) is 1. The fourth-order valence-corrected chi connectivity index (χ4v) is 5.00. The molecular formula is C18H28N2O3S2. The molecule has 0 radical (unpaired) electrons. The molecule has 1 aromatic carbocycles. The van der Waals surface area contributed by atoms with Crippen LogP contribution in [0.25, 0.3) is 0 Å². The lowest BCUT2D eigenvalue weighted by Crippen LogP contribution is -2.44. The van der Waals surface area contributed by atoms with Crippen molar-refractivity contribution in [3.05, 3.63) is 24.3 Å². The van der Waals surface area contributed by atoms with E-state index in [0.29, 0.717) is 30.8 Å². The minimum Gasteiger partial charge on any atom is -0.353 e. The zero-order valence-electron chi connectivity index (χ0n) is 15.2. The molecule has 1 saturated heterocycles. The molecule has 2 rings (SSSR count). The van der Waals surface area contributed by atoms with Gasteiger partial charge in [-0.1, -0.05) is 13.3 Å². The molecule has 1 heterocycles. The summed E-state index contributed by atoms with van der Waals surface area (Å²) in [6.45, 7) is 4.90. The molecule has 0 aliphatic carbocycles. The number of amides is 1. The Labute approximate surface area is 155 Å². The van der Waals surface area contributed by atoms with Crippen LogP contribution in [-0.2, 0) is 14.8 Å². The molecule has 5 nitrogen and oxygen atoms in total. The molecule has 0 unspecified atom stereocenters. The van der Waals surface area contributed by atoms with E-state index >= 15 is 0 Å². The summed E-state index contributed by atoms with van der Waals surface area (Å²) in [5.74, 6) is -0.0352. The quantitative estimate of drug-likeness (QED) is 0.734. The Morgan fingerprint density at radius 2 is 1.88 bits per heavy atom. The number of nitrogens with zero attached hydrogens (tertiary/aromatic N) is 1. The Morgan fingerprint density at radius 3 is 2.40 bits per heavy atom. The van der Waals surface area contributed by atoms with Crippen LogP contribution in [0.2, 0.25) is 0 Å². The Morgan fingerprint density at radius 1 is 1.28 bits per heavy atom. The maximum absolute atomic E-state index is 12.7. The highest BCUT2D eigenvalue weighted by Crippen LogP contribution is 2.25. The van der Waals surface area contributed by atoms with E-state index in [1.807, 2.05) is 25.3 Å². The zero-order chi connectivity index (χ0) is 18.4. The normalized spacial score (nSPS) is 18.0. The molecule has 140 valence electrons. The maximum atomic E-state index is 12.7. The average molecular weight is 385 g/mol. The Kier molecular flexibility index (Phi) is 7.34. The molecule has 1 aromatic rings. The number of carbonyl (C=O) groups is 1. The molecule has 0 saturated carbocycles. The molecule has 1 N–H and O–H groups in total. The first-order valence-corrected chi connectivity index (χ1v) is 11.5. The number of sulfonamides is 1. The first kappa shape index (κ1) is 20.3. The lowest BCUT2D eigenvalue weighted by atomic mass is 9.96. The van der Waals surface area contributed by atoms with Gasteiger partial charge in [0.25, 0.3) is 0 Å². The summed E-state index contributed by atoms with van der Waals surface area (Å²) in [5.41, 5.74) is 0. The van der Waals surface area contributed by atoms with Crippen molar-refractivity contribution in [3.8, 4) is 0 Å². The van der Waals surface area contributed by atoms with E-state index in [0.717, 1.165) is 17.7 Å². The molecule has 1 aliphatic rings. The van der Waals surface area contributed by atoms with Gasteiger partial charge in [-0.3, -0.25) is 4.79 Å². The van der Waals surface area contributed by atoms with Gasteiger partial charge in [0.2, 0.25) is 15.9 Å². The van der Waals surface area contributed by atoms with Crippen LogP contribution in [0.5, 0.6) is 0 Å². The third-order valence-corrected chi connectivity index (χ3v) is 7.29. The van der Waals surface area contributed by atoms with E-state index < -0.39 is 10.0 Å².